The number of benzene rings is 2. The summed E-state index contributed by atoms with van der Waals surface area (Å²) in [5, 5.41) is 41.3. The maximum Gasteiger partial charge on any atom is 2.00 e. The molecule has 0 aromatic heterocycles. The van der Waals surface area contributed by atoms with Gasteiger partial charge in [-0.25, -0.2) is 4.79 Å². The molecule has 0 atom stereocenters. The van der Waals surface area contributed by atoms with Crippen molar-refractivity contribution in [1.82, 2.24) is 0 Å². The number of phenolic OH excluding ortho intramolecular Hbond substituents is 1. The van der Waals surface area contributed by atoms with E-state index in [1.54, 1.807) is 6.07 Å². The fourth-order valence-corrected chi connectivity index (χ4v) is 6.13. The molecular formula is C42H66CaO6. The van der Waals surface area contributed by atoms with Crippen LogP contribution in [0.2, 0.25) is 0 Å². The first kappa shape index (κ1) is 47.2. The monoisotopic (exact) mass is 706 g/mol. The zero-order valence-corrected chi connectivity index (χ0v) is 33.3. The van der Waals surface area contributed by atoms with Crippen molar-refractivity contribution < 1.29 is 30.0 Å². The van der Waals surface area contributed by atoms with Gasteiger partial charge < -0.3 is 25.2 Å². The number of phenols is 1. The molecule has 2 rings (SSSR count). The van der Waals surface area contributed by atoms with Gasteiger partial charge in [0.15, 0.2) is 0 Å². The van der Waals surface area contributed by atoms with Gasteiger partial charge in [-0.05, 0) is 55.0 Å². The van der Waals surface area contributed by atoms with Crippen LogP contribution in [-0.2, 0) is 12.8 Å². The summed E-state index contributed by atoms with van der Waals surface area (Å²) in [4.78, 5) is 21.8. The molecule has 0 amide bonds. The van der Waals surface area contributed by atoms with E-state index in [0.717, 1.165) is 37.7 Å². The Labute approximate surface area is 328 Å². The number of carboxylic acid groups (broad SMARTS) is 2. The van der Waals surface area contributed by atoms with Crippen molar-refractivity contribution in [2.24, 2.45) is 0 Å². The van der Waals surface area contributed by atoms with Crippen LogP contribution in [0.15, 0.2) is 36.4 Å². The fraction of sp³-hybridized carbons (Fsp3) is 0.667. The number of carboxylic acids is 2. The van der Waals surface area contributed by atoms with E-state index in [-0.39, 0.29) is 60.4 Å². The summed E-state index contributed by atoms with van der Waals surface area (Å²) in [6.45, 7) is 4.50. The van der Waals surface area contributed by atoms with E-state index < -0.39 is 11.9 Å². The summed E-state index contributed by atoms with van der Waals surface area (Å²) in [5.41, 5.74) is 1.70. The molecule has 2 N–H and O–H groups in total. The first-order chi connectivity index (χ1) is 23.3. The molecule has 2 aromatic carbocycles. The molecule has 0 fully saturated rings. The minimum Gasteiger partial charge on any atom is -0.872 e. The molecule has 2 aromatic rings. The summed E-state index contributed by atoms with van der Waals surface area (Å²) in [7, 11) is 0. The second kappa shape index (κ2) is 32.2. The molecule has 0 unspecified atom stereocenters. The molecule has 7 heteroatoms. The fourth-order valence-electron chi connectivity index (χ4n) is 6.13. The summed E-state index contributed by atoms with van der Waals surface area (Å²) < 4.78 is 0. The van der Waals surface area contributed by atoms with E-state index in [2.05, 4.69) is 13.8 Å². The van der Waals surface area contributed by atoms with Crippen molar-refractivity contribution >= 4 is 49.7 Å². The minimum absolute atomic E-state index is 0. The van der Waals surface area contributed by atoms with Gasteiger partial charge in [-0.3, -0.25) is 0 Å². The van der Waals surface area contributed by atoms with Gasteiger partial charge in [0.25, 0.3) is 0 Å². The van der Waals surface area contributed by atoms with Crippen LogP contribution in [0.4, 0.5) is 0 Å². The van der Waals surface area contributed by atoms with Crippen LogP contribution in [0.1, 0.15) is 200 Å². The molecule has 0 spiro atoms. The van der Waals surface area contributed by atoms with Crippen molar-refractivity contribution in [3.8, 4) is 11.5 Å². The zero-order valence-electron chi connectivity index (χ0n) is 31.1. The average molecular weight is 707 g/mol. The second-order valence-electron chi connectivity index (χ2n) is 13.5. The molecule has 0 radical (unpaired) electrons. The van der Waals surface area contributed by atoms with Gasteiger partial charge >= 0.3 is 43.7 Å². The third-order valence-electron chi connectivity index (χ3n) is 9.22. The molecule has 272 valence electrons. The van der Waals surface area contributed by atoms with Crippen molar-refractivity contribution in [3.05, 3.63) is 58.7 Å². The maximum absolute atomic E-state index is 11.7. The number of aromatic hydroxyl groups is 1. The van der Waals surface area contributed by atoms with E-state index in [9.17, 15) is 24.9 Å². The topological polar surface area (TPSA) is 121 Å². The minimum atomic E-state index is -1.22. The predicted molar refractivity (Wildman–Crippen MR) is 201 cm³/mol. The summed E-state index contributed by atoms with van der Waals surface area (Å²) in [6, 6.07) is 8.65. The van der Waals surface area contributed by atoms with Crippen LogP contribution >= 0.6 is 0 Å². The number of hydrogen-bond donors (Lipinski definition) is 2. The van der Waals surface area contributed by atoms with Gasteiger partial charge in [0.1, 0.15) is 5.75 Å². The Morgan fingerprint density at radius 1 is 0.531 bits per heavy atom. The van der Waals surface area contributed by atoms with Crippen LogP contribution in [0, 0.1) is 0 Å². The van der Waals surface area contributed by atoms with E-state index in [4.69, 9.17) is 5.11 Å². The van der Waals surface area contributed by atoms with Crippen molar-refractivity contribution in [3.63, 3.8) is 0 Å². The number of unbranched alkanes of at least 4 members (excludes halogenated alkanes) is 22. The summed E-state index contributed by atoms with van der Waals surface area (Å²) >= 11 is 0. The van der Waals surface area contributed by atoms with Crippen LogP contribution in [0.3, 0.4) is 0 Å². The molecule has 0 aliphatic heterocycles. The Morgan fingerprint density at radius 3 is 1.27 bits per heavy atom. The molecule has 0 aliphatic carbocycles. The first-order valence-corrected chi connectivity index (χ1v) is 19.4. The van der Waals surface area contributed by atoms with Crippen LogP contribution in [-0.4, -0.2) is 59.9 Å². The average Bonchev–Trinajstić information content (AvgIpc) is 3.07. The normalized spacial score (nSPS) is 10.7. The maximum atomic E-state index is 11.7. The molecule has 6 nitrogen and oxygen atoms in total. The predicted octanol–water partition coefficient (Wildman–Crippen LogP) is 10.3. The number of carbonyl (C=O) groups excluding carboxylic acids is 1. The standard InChI is InChI=1S/2C21H34O3.Ca/c2*1-2-3-4-5-6-7-8-9-10-11-12-13-14-18-17-19(21(23)24)15-16-20(18)22;/h2*15-17,22H,2-14H2,1H3,(H,23,24);/q;;+2/p-2. The van der Waals surface area contributed by atoms with Crippen molar-refractivity contribution in [1.29, 1.82) is 0 Å². The number of aromatic carboxylic acids is 2. The van der Waals surface area contributed by atoms with Gasteiger partial charge in [-0.2, -0.15) is 0 Å². The Hall–Kier alpha value is -1.76. The molecule has 0 aliphatic rings. The van der Waals surface area contributed by atoms with Gasteiger partial charge in [-0.1, -0.05) is 179 Å². The molecular weight excluding hydrogens is 641 g/mol. The van der Waals surface area contributed by atoms with Crippen LogP contribution in [0.5, 0.6) is 11.5 Å². The quantitative estimate of drug-likeness (QED) is 0.0671. The third-order valence-corrected chi connectivity index (χ3v) is 9.22. The number of hydrogen-bond acceptors (Lipinski definition) is 5. The van der Waals surface area contributed by atoms with Gasteiger partial charge in [0, 0.05) is 0 Å². The Balaban J connectivity index is 0.000000922. The van der Waals surface area contributed by atoms with E-state index in [1.807, 2.05) is 0 Å². The van der Waals surface area contributed by atoms with E-state index >= 15 is 0 Å². The smallest absolute Gasteiger partial charge is 0.872 e. The SMILES string of the molecule is CCCCCCCCCCCCCCc1cc(C(=O)O)ccc1O.CCCCCCCCCCCCCCc1cc(C(=O)[O-])ccc1[O-].[Ca+2]. The largest absolute Gasteiger partial charge is 2.00 e. The van der Waals surface area contributed by atoms with E-state index in [1.165, 1.54) is 159 Å². The molecule has 0 saturated carbocycles. The summed E-state index contributed by atoms with van der Waals surface area (Å²) in [6.07, 6.45) is 32.4. The summed E-state index contributed by atoms with van der Waals surface area (Å²) in [5.74, 6) is -2.01. The number of rotatable bonds is 28. The molecule has 49 heavy (non-hydrogen) atoms. The molecule has 0 bridgehead atoms. The Morgan fingerprint density at radius 2 is 0.878 bits per heavy atom. The van der Waals surface area contributed by atoms with Crippen molar-refractivity contribution in [2.45, 2.75) is 181 Å². The second-order valence-corrected chi connectivity index (χ2v) is 13.5. The number of aryl methyl sites for hydroxylation is 2. The van der Waals surface area contributed by atoms with Crippen molar-refractivity contribution in [2.75, 3.05) is 0 Å². The van der Waals surface area contributed by atoms with E-state index in [0.29, 0.717) is 12.0 Å². The molecule has 0 heterocycles. The Kier molecular flexibility index (Phi) is 31.0. The number of carbonyl (C=O) groups is 2. The van der Waals surface area contributed by atoms with Gasteiger partial charge in [-0.15, -0.1) is 5.75 Å². The van der Waals surface area contributed by atoms with Gasteiger partial charge in [0.2, 0.25) is 0 Å². The van der Waals surface area contributed by atoms with Gasteiger partial charge in [0.05, 0.1) is 11.5 Å². The van der Waals surface area contributed by atoms with Crippen LogP contribution in [0.25, 0.3) is 0 Å². The first-order valence-electron chi connectivity index (χ1n) is 19.4. The third kappa shape index (κ3) is 24.9. The van der Waals surface area contributed by atoms with Crippen LogP contribution < -0.4 is 10.2 Å². The Bertz CT molecular complexity index is 1030. The zero-order chi connectivity index (χ0) is 35.2. The molecule has 0 saturated heterocycles.